The van der Waals surface area contributed by atoms with Crippen molar-refractivity contribution in [2.45, 2.75) is 13.3 Å². The Hall–Kier alpha value is -2.57. The first-order chi connectivity index (χ1) is 10.8. The zero-order valence-electron chi connectivity index (χ0n) is 13.3. The van der Waals surface area contributed by atoms with Crippen LogP contribution in [0.25, 0.3) is 11.1 Å². The van der Waals surface area contributed by atoms with Gasteiger partial charge < -0.3 is 19.8 Å². The van der Waals surface area contributed by atoms with Crippen LogP contribution in [0.1, 0.15) is 17.6 Å². The molecule has 0 aliphatic rings. The van der Waals surface area contributed by atoms with Crippen molar-refractivity contribution in [3.8, 4) is 22.6 Å². The summed E-state index contributed by atoms with van der Waals surface area (Å²) >= 11 is 0. The molecular weight excluding hydrogens is 306 g/mol. The number of halogens is 2. The van der Waals surface area contributed by atoms with E-state index in [9.17, 15) is 13.6 Å². The molecule has 5 nitrogen and oxygen atoms in total. The molecule has 0 amide bonds. The van der Waals surface area contributed by atoms with Crippen LogP contribution < -0.4 is 20.8 Å². The topological polar surface area (TPSA) is 66.5 Å². The summed E-state index contributed by atoms with van der Waals surface area (Å²) in [5.41, 5.74) is 6.26. The number of hydrogen-bond acceptors (Lipinski definition) is 4. The second-order valence-corrected chi connectivity index (χ2v) is 5.09. The number of alkyl halides is 2. The standard InChI is InChI=1S/C16H18F2N2O3/c1-8-10(7-20(2)16(21)13(8)15(17)18)9-5-11(22-3)14(19)12(6-9)23-4/h5-7,15H,19H2,1-4H3. The van der Waals surface area contributed by atoms with Gasteiger partial charge in [-0.3, -0.25) is 4.79 Å². The summed E-state index contributed by atoms with van der Waals surface area (Å²) in [5, 5.41) is 0. The van der Waals surface area contributed by atoms with Gasteiger partial charge >= 0.3 is 0 Å². The maximum absolute atomic E-state index is 13.2. The van der Waals surface area contributed by atoms with Gasteiger partial charge in [0.1, 0.15) is 17.2 Å². The lowest BCUT2D eigenvalue weighted by Crippen LogP contribution is -2.23. The van der Waals surface area contributed by atoms with Crippen molar-refractivity contribution >= 4 is 5.69 Å². The Balaban J connectivity index is 2.80. The van der Waals surface area contributed by atoms with Crippen molar-refractivity contribution < 1.29 is 18.3 Å². The Bertz CT molecular complexity index is 776. The first-order valence-electron chi connectivity index (χ1n) is 6.82. The largest absolute Gasteiger partial charge is 0.494 e. The third-order valence-electron chi connectivity index (χ3n) is 3.75. The van der Waals surface area contributed by atoms with Crippen LogP contribution in [0.3, 0.4) is 0 Å². The van der Waals surface area contributed by atoms with Crippen LogP contribution in [0.2, 0.25) is 0 Å². The van der Waals surface area contributed by atoms with Gasteiger partial charge in [0.05, 0.1) is 19.8 Å². The summed E-state index contributed by atoms with van der Waals surface area (Å²) in [7, 11) is 4.34. The van der Waals surface area contributed by atoms with Gasteiger partial charge in [-0.1, -0.05) is 0 Å². The van der Waals surface area contributed by atoms with E-state index in [1.165, 1.54) is 34.4 Å². The van der Waals surface area contributed by atoms with Gasteiger partial charge in [-0.15, -0.1) is 0 Å². The fourth-order valence-corrected chi connectivity index (χ4v) is 2.49. The fraction of sp³-hybridized carbons (Fsp3) is 0.312. The quantitative estimate of drug-likeness (QED) is 0.878. The molecule has 0 atom stereocenters. The van der Waals surface area contributed by atoms with E-state index in [1.807, 2.05) is 0 Å². The number of nitrogens with zero attached hydrogens (tertiary/aromatic N) is 1. The molecule has 1 aromatic carbocycles. The third-order valence-corrected chi connectivity index (χ3v) is 3.75. The second-order valence-electron chi connectivity index (χ2n) is 5.09. The molecule has 0 saturated heterocycles. The highest BCUT2D eigenvalue weighted by molar-refractivity contribution is 5.77. The van der Waals surface area contributed by atoms with Crippen LogP contribution in [0.5, 0.6) is 11.5 Å². The number of aromatic nitrogens is 1. The molecular formula is C16H18F2N2O3. The minimum absolute atomic E-state index is 0.219. The first kappa shape index (κ1) is 16.8. The van der Waals surface area contributed by atoms with Crippen molar-refractivity contribution in [3.05, 3.63) is 39.8 Å². The molecule has 2 rings (SSSR count). The van der Waals surface area contributed by atoms with E-state index in [-0.39, 0.29) is 5.56 Å². The Morgan fingerprint density at radius 2 is 1.70 bits per heavy atom. The van der Waals surface area contributed by atoms with Crippen molar-refractivity contribution in [1.82, 2.24) is 4.57 Å². The molecule has 23 heavy (non-hydrogen) atoms. The first-order valence-corrected chi connectivity index (χ1v) is 6.82. The lowest BCUT2D eigenvalue weighted by Gasteiger charge is -2.16. The van der Waals surface area contributed by atoms with Crippen LogP contribution in [-0.2, 0) is 7.05 Å². The molecule has 1 aromatic heterocycles. The highest BCUT2D eigenvalue weighted by atomic mass is 19.3. The molecule has 0 bridgehead atoms. The van der Waals surface area contributed by atoms with Crippen LogP contribution in [0, 0.1) is 6.92 Å². The number of benzene rings is 1. The molecule has 0 radical (unpaired) electrons. The number of methoxy groups -OCH3 is 2. The maximum Gasteiger partial charge on any atom is 0.269 e. The van der Waals surface area contributed by atoms with Gasteiger partial charge in [0.15, 0.2) is 0 Å². The molecule has 2 aromatic rings. The number of rotatable bonds is 4. The number of anilines is 1. The van der Waals surface area contributed by atoms with Crippen LogP contribution in [0.15, 0.2) is 23.1 Å². The van der Waals surface area contributed by atoms with Crippen molar-refractivity contribution in [2.24, 2.45) is 7.05 Å². The van der Waals surface area contributed by atoms with E-state index in [0.717, 1.165) is 4.57 Å². The zero-order chi connectivity index (χ0) is 17.3. The minimum Gasteiger partial charge on any atom is -0.494 e. The molecule has 7 heteroatoms. The van der Waals surface area contributed by atoms with Gasteiger partial charge in [0.25, 0.3) is 12.0 Å². The van der Waals surface area contributed by atoms with E-state index in [4.69, 9.17) is 15.2 Å². The number of hydrogen-bond donors (Lipinski definition) is 1. The smallest absolute Gasteiger partial charge is 0.269 e. The minimum atomic E-state index is -2.86. The van der Waals surface area contributed by atoms with Crippen molar-refractivity contribution in [2.75, 3.05) is 20.0 Å². The Labute approximate surface area is 132 Å². The summed E-state index contributed by atoms with van der Waals surface area (Å²) in [6.45, 7) is 1.49. The summed E-state index contributed by atoms with van der Waals surface area (Å²) in [4.78, 5) is 11.9. The molecule has 0 aliphatic carbocycles. The monoisotopic (exact) mass is 324 g/mol. The van der Waals surface area contributed by atoms with Gasteiger partial charge in [0.2, 0.25) is 0 Å². The number of aryl methyl sites for hydroxylation is 1. The fourth-order valence-electron chi connectivity index (χ4n) is 2.49. The molecule has 0 unspecified atom stereocenters. The molecule has 2 N–H and O–H groups in total. The van der Waals surface area contributed by atoms with E-state index >= 15 is 0 Å². The van der Waals surface area contributed by atoms with Crippen molar-refractivity contribution in [1.29, 1.82) is 0 Å². The lowest BCUT2D eigenvalue weighted by atomic mass is 9.98. The summed E-state index contributed by atoms with van der Waals surface area (Å²) in [5.74, 6) is 0.734. The number of nitrogen functional groups attached to an aromatic ring is 1. The number of pyridine rings is 1. The Morgan fingerprint density at radius 3 is 2.13 bits per heavy atom. The van der Waals surface area contributed by atoms with Gasteiger partial charge in [-0.25, -0.2) is 8.78 Å². The van der Waals surface area contributed by atoms with E-state index < -0.39 is 17.5 Å². The predicted octanol–water partition coefficient (Wildman–Crippen LogP) is 2.90. The average Bonchev–Trinajstić information content (AvgIpc) is 2.51. The third kappa shape index (κ3) is 2.86. The summed E-state index contributed by atoms with van der Waals surface area (Å²) < 4.78 is 38.0. The Kier molecular flexibility index (Phi) is 4.58. The highest BCUT2D eigenvalue weighted by Crippen LogP contribution is 2.38. The molecule has 1 heterocycles. The number of nitrogens with two attached hydrogens (primary N) is 1. The predicted molar refractivity (Wildman–Crippen MR) is 84.3 cm³/mol. The normalized spacial score (nSPS) is 10.9. The molecule has 0 saturated carbocycles. The summed E-state index contributed by atoms with van der Waals surface area (Å²) in [6.07, 6.45) is -1.35. The zero-order valence-corrected chi connectivity index (χ0v) is 13.3. The van der Waals surface area contributed by atoms with Gasteiger partial charge in [0, 0.05) is 18.8 Å². The SMILES string of the molecule is COc1cc(-c2cn(C)c(=O)c(C(F)F)c2C)cc(OC)c1N. The highest BCUT2D eigenvalue weighted by Gasteiger charge is 2.21. The Morgan fingerprint density at radius 1 is 1.17 bits per heavy atom. The van der Waals surface area contributed by atoms with E-state index in [1.54, 1.807) is 12.1 Å². The summed E-state index contributed by atoms with van der Waals surface area (Å²) in [6, 6.07) is 3.25. The van der Waals surface area contributed by atoms with Gasteiger partial charge in [-0.05, 0) is 30.2 Å². The number of ether oxygens (including phenoxy) is 2. The van der Waals surface area contributed by atoms with E-state index in [2.05, 4.69) is 0 Å². The van der Waals surface area contributed by atoms with Crippen LogP contribution in [-0.4, -0.2) is 18.8 Å². The molecule has 124 valence electrons. The molecule has 0 fully saturated rings. The second kappa shape index (κ2) is 6.28. The van der Waals surface area contributed by atoms with E-state index in [0.29, 0.717) is 28.3 Å². The molecule has 0 spiro atoms. The lowest BCUT2D eigenvalue weighted by molar-refractivity contribution is 0.148. The maximum atomic E-state index is 13.2. The van der Waals surface area contributed by atoms with Crippen LogP contribution >= 0.6 is 0 Å². The molecule has 0 aliphatic heterocycles. The average molecular weight is 324 g/mol. The van der Waals surface area contributed by atoms with Gasteiger partial charge in [-0.2, -0.15) is 0 Å². The van der Waals surface area contributed by atoms with Crippen LogP contribution in [0.4, 0.5) is 14.5 Å². The van der Waals surface area contributed by atoms with Crippen molar-refractivity contribution in [3.63, 3.8) is 0 Å².